The molecule has 1 aliphatic heterocycles. The molecule has 22 heavy (non-hydrogen) atoms. The molecule has 4 rings (SSSR count). The highest BCUT2D eigenvalue weighted by Crippen LogP contribution is 2.60. The van der Waals surface area contributed by atoms with Crippen molar-refractivity contribution in [3.05, 3.63) is 29.1 Å². The lowest BCUT2D eigenvalue weighted by Gasteiger charge is -2.20. The number of fused-ring (bicyclic) bond motifs is 2. The van der Waals surface area contributed by atoms with Gasteiger partial charge in [0.05, 0.1) is 11.1 Å². The Labute approximate surface area is 125 Å². The number of rotatable bonds is 2. The Morgan fingerprint density at radius 1 is 1.32 bits per heavy atom. The highest BCUT2D eigenvalue weighted by atomic mass is 19.4. The van der Waals surface area contributed by atoms with Crippen molar-refractivity contribution in [1.82, 2.24) is 0 Å². The fourth-order valence-corrected chi connectivity index (χ4v) is 3.70. The first-order chi connectivity index (χ1) is 10.2. The van der Waals surface area contributed by atoms with Crippen LogP contribution in [0.3, 0.4) is 0 Å². The lowest BCUT2D eigenvalue weighted by atomic mass is 9.95. The predicted octanol–water partition coefficient (Wildman–Crippen LogP) is 3.89. The van der Waals surface area contributed by atoms with E-state index in [9.17, 15) is 22.4 Å². The largest absolute Gasteiger partial charge is 0.406 e. The van der Waals surface area contributed by atoms with Crippen molar-refractivity contribution in [3.8, 4) is 0 Å². The quantitative estimate of drug-likeness (QED) is 0.759. The number of benzene rings is 1. The second-order valence-electron chi connectivity index (χ2n) is 6.80. The molecule has 2 fully saturated rings. The molecule has 2 atom stereocenters. The van der Waals surface area contributed by atoms with Gasteiger partial charge in [-0.3, -0.25) is 4.79 Å². The smallest absolute Gasteiger partial charge is 0.302 e. The third-order valence-corrected chi connectivity index (χ3v) is 5.14. The molecule has 2 nitrogen and oxygen atoms in total. The summed E-state index contributed by atoms with van der Waals surface area (Å²) in [6.45, 7) is 0.681. The van der Waals surface area contributed by atoms with Crippen LogP contribution in [0, 0.1) is 11.7 Å². The van der Waals surface area contributed by atoms with Crippen molar-refractivity contribution in [2.45, 2.75) is 43.7 Å². The Hall–Kier alpha value is -1.59. The second kappa shape index (κ2) is 4.03. The van der Waals surface area contributed by atoms with Crippen molar-refractivity contribution >= 4 is 11.6 Å². The van der Waals surface area contributed by atoms with Crippen molar-refractivity contribution in [3.63, 3.8) is 0 Å². The first kappa shape index (κ1) is 14.0. The van der Waals surface area contributed by atoms with Gasteiger partial charge in [0.25, 0.3) is 0 Å². The van der Waals surface area contributed by atoms with Crippen molar-refractivity contribution in [2.75, 3.05) is 11.4 Å². The molecule has 1 aromatic carbocycles. The average molecular weight is 313 g/mol. The monoisotopic (exact) mass is 313 g/mol. The molecule has 0 saturated heterocycles. The normalized spacial score (nSPS) is 28.2. The minimum Gasteiger partial charge on any atom is -0.302 e. The number of anilines is 1. The Bertz CT molecular complexity index is 677. The summed E-state index contributed by atoms with van der Waals surface area (Å²) in [5.41, 5.74) is -0.00704. The fraction of sp³-hybridized carbons (Fsp3) is 0.562. The summed E-state index contributed by atoms with van der Waals surface area (Å²) in [7, 11) is 0. The van der Waals surface area contributed by atoms with Gasteiger partial charge in [-0.05, 0) is 48.8 Å². The van der Waals surface area contributed by atoms with E-state index in [4.69, 9.17) is 0 Å². The maximum Gasteiger partial charge on any atom is 0.406 e. The van der Waals surface area contributed by atoms with Gasteiger partial charge in [-0.1, -0.05) is 6.92 Å². The molecule has 118 valence electrons. The number of halogens is 4. The summed E-state index contributed by atoms with van der Waals surface area (Å²) in [6, 6.07) is 3.01. The van der Waals surface area contributed by atoms with Gasteiger partial charge < -0.3 is 4.90 Å². The molecule has 2 saturated carbocycles. The number of hydrogen-bond donors (Lipinski definition) is 0. The maximum absolute atomic E-state index is 14.5. The summed E-state index contributed by atoms with van der Waals surface area (Å²) in [5.74, 6) is -0.513. The highest BCUT2D eigenvalue weighted by molar-refractivity contribution is 6.10. The molecule has 0 bridgehead atoms. The van der Waals surface area contributed by atoms with Gasteiger partial charge in [-0.25, -0.2) is 4.39 Å². The maximum atomic E-state index is 14.5. The number of hydrogen-bond acceptors (Lipinski definition) is 1. The minimum atomic E-state index is -4.49. The van der Waals surface area contributed by atoms with Crippen LogP contribution < -0.4 is 4.90 Å². The number of nitrogens with zero attached hydrogens (tertiary/aromatic N) is 1. The van der Waals surface area contributed by atoms with E-state index in [2.05, 4.69) is 0 Å². The van der Waals surface area contributed by atoms with Crippen LogP contribution >= 0.6 is 0 Å². The molecular weight excluding hydrogens is 298 g/mol. The zero-order chi connectivity index (χ0) is 15.9. The predicted molar refractivity (Wildman–Crippen MR) is 72.2 cm³/mol. The molecule has 0 aromatic heterocycles. The zero-order valence-corrected chi connectivity index (χ0v) is 12.0. The number of carbonyl (C=O) groups excluding carboxylic acids is 1. The van der Waals surface area contributed by atoms with Gasteiger partial charge in [0.2, 0.25) is 5.91 Å². The van der Waals surface area contributed by atoms with E-state index in [1.807, 2.05) is 6.92 Å². The van der Waals surface area contributed by atoms with Gasteiger partial charge in [-0.2, -0.15) is 13.2 Å². The van der Waals surface area contributed by atoms with E-state index in [1.165, 1.54) is 6.07 Å². The molecule has 1 amide bonds. The molecule has 6 heteroatoms. The topological polar surface area (TPSA) is 20.3 Å². The third kappa shape index (κ3) is 1.88. The van der Waals surface area contributed by atoms with Gasteiger partial charge >= 0.3 is 6.18 Å². The second-order valence-corrected chi connectivity index (χ2v) is 6.80. The molecular formula is C16H15F4NO. The zero-order valence-electron chi connectivity index (χ0n) is 12.0. The van der Waals surface area contributed by atoms with Gasteiger partial charge in [-0.15, -0.1) is 0 Å². The fourth-order valence-electron chi connectivity index (χ4n) is 3.70. The van der Waals surface area contributed by atoms with Crippen LogP contribution in [-0.2, 0) is 10.2 Å². The Kier molecular flexibility index (Phi) is 2.57. The molecule has 1 heterocycles. The first-order valence-electron chi connectivity index (χ1n) is 7.45. The average Bonchev–Trinajstić information content (AvgIpc) is 3.29. The summed E-state index contributed by atoms with van der Waals surface area (Å²) < 4.78 is 52.9. The van der Waals surface area contributed by atoms with Crippen molar-refractivity contribution in [2.24, 2.45) is 5.92 Å². The number of alkyl halides is 3. The van der Waals surface area contributed by atoms with Crippen LogP contribution in [0.1, 0.15) is 43.2 Å². The van der Waals surface area contributed by atoms with Crippen molar-refractivity contribution < 1.29 is 22.4 Å². The van der Waals surface area contributed by atoms with Crippen LogP contribution in [-0.4, -0.2) is 18.6 Å². The van der Waals surface area contributed by atoms with Crippen molar-refractivity contribution in [1.29, 1.82) is 0 Å². The summed E-state index contributed by atoms with van der Waals surface area (Å²) in [6.07, 6.45) is -2.71. The van der Waals surface area contributed by atoms with Crippen LogP contribution in [0.15, 0.2) is 12.1 Å². The highest BCUT2D eigenvalue weighted by Gasteiger charge is 2.62. The SMILES string of the molecule is C[C@H]1C[C@@H]1c1cc(F)c2c(c1)N(CC(F)(F)F)C(=O)C21CC1. The molecule has 1 spiro atoms. The summed E-state index contributed by atoms with van der Waals surface area (Å²) >= 11 is 0. The Morgan fingerprint density at radius 2 is 1.95 bits per heavy atom. The van der Waals surface area contributed by atoms with Gasteiger partial charge in [0.15, 0.2) is 0 Å². The molecule has 2 aliphatic carbocycles. The van der Waals surface area contributed by atoms with Crippen LogP contribution in [0.25, 0.3) is 0 Å². The first-order valence-corrected chi connectivity index (χ1v) is 7.45. The standard InChI is InChI=1S/C16H15F4NO/c1-8-4-10(8)9-5-11(17)13-12(6-9)21(7-16(18,19)20)14(22)15(13)2-3-15/h5-6,8,10H,2-4,7H2,1H3/t8-,10-/m0/s1. The minimum absolute atomic E-state index is 0.133. The number of carbonyl (C=O) groups is 1. The summed E-state index contributed by atoms with van der Waals surface area (Å²) in [5, 5.41) is 0. The van der Waals surface area contributed by atoms with E-state index >= 15 is 0 Å². The van der Waals surface area contributed by atoms with E-state index < -0.39 is 29.9 Å². The van der Waals surface area contributed by atoms with Gasteiger partial charge in [0.1, 0.15) is 12.4 Å². The lowest BCUT2D eigenvalue weighted by molar-refractivity contribution is -0.132. The van der Waals surface area contributed by atoms with E-state index in [-0.39, 0.29) is 17.2 Å². The van der Waals surface area contributed by atoms with Crippen LogP contribution in [0.5, 0.6) is 0 Å². The molecule has 3 aliphatic rings. The van der Waals surface area contributed by atoms with Crippen LogP contribution in [0.4, 0.5) is 23.2 Å². The number of amides is 1. The Balaban J connectivity index is 1.82. The molecule has 0 N–H and O–H groups in total. The lowest BCUT2D eigenvalue weighted by Crippen LogP contribution is -2.39. The van der Waals surface area contributed by atoms with Crippen LogP contribution in [0.2, 0.25) is 0 Å². The van der Waals surface area contributed by atoms with Gasteiger partial charge in [0, 0.05) is 5.56 Å². The van der Waals surface area contributed by atoms with E-state index in [0.717, 1.165) is 11.3 Å². The molecule has 0 unspecified atom stereocenters. The Morgan fingerprint density at radius 3 is 2.45 bits per heavy atom. The summed E-state index contributed by atoms with van der Waals surface area (Å²) in [4.78, 5) is 13.1. The molecule has 0 radical (unpaired) electrons. The third-order valence-electron chi connectivity index (χ3n) is 5.14. The van der Waals surface area contributed by atoms with E-state index in [0.29, 0.717) is 24.3 Å². The molecule has 1 aromatic rings. The van der Waals surface area contributed by atoms with E-state index in [1.54, 1.807) is 6.07 Å².